The highest BCUT2D eigenvalue weighted by Crippen LogP contribution is 2.05. The summed E-state index contributed by atoms with van der Waals surface area (Å²) < 4.78 is 0. The summed E-state index contributed by atoms with van der Waals surface area (Å²) in [6.45, 7) is 3.16. The van der Waals surface area contributed by atoms with Crippen molar-refractivity contribution in [3.8, 4) is 6.07 Å². The Morgan fingerprint density at radius 3 is 3.00 bits per heavy atom. The molecule has 0 fully saturated rings. The van der Waals surface area contributed by atoms with Gasteiger partial charge in [0.25, 0.3) is 0 Å². The van der Waals surface area contributed by atoms with Crippen LogP contribution in [0, 0.1) is 18.3 Å². The zero-order chi connectivity index (χ0) is 10.4. The molecule has 0 aliphatic heterocycles. The first-order chi connectivity index (χ1) is 6.76. The summed E-state index contributed by atoms with van der Waals surface area (Å²) in [6.07, 6.45) is 0.880. The standard InChI is InChI=1S/C9H13N5/c1-7-13-8(6-11)5-9(14-7)12-4-2-3-10/h5H,2-4,10H2,1H3,(H,12,13,14). The second kappa shape index (κ2) is 5.14. The molecule has 0 saturated carbocycles. The van der Waals surface area contributed by atoms with Gasteiger partial charge in [-0.25, -0.2) is 9.97 Å². The normalized spacial score (nSPS) is 9.50. The van der Waals surface area contributed by atoms with Gasteiger partial charge in [-0.1, -0.05) is 0 Å². The fourth-order valence-electron chi connectivity index (χ4n) is 1.03. The number of nitriles is 1. The van der Waals surface area contributed by atoms with E-state index in [1.807, 2.05) is 6.07 Å². The molecular weight excluding hydrogens is 178 g/mol. The van der Waals surface area contributed by atoms with Crippen LogP contribution in [0.15, 0.2) is 6.07 Å². The molecule has 0 amide bonds. The molecular formula is C9H13N5. The number of hydrogen-bond donors (Lipinski definition) is 2. The molecule has 0 aliphatic rings. The third kappa shape index (κ3) is 2.99. The molecule has 3 N–H and O–H groups in total. The topological polar surface area (TPSA) is 87.6 Å². The summed E-state index contributed by atoms with van der Waals surface area (Å²) in [6, 6.07) is 3.61. The first-order valence-corrected chi connectivity index (χ1v) is 4.46. The molecule has 14 heavy (non-hydrogen) atoms. The molecule has 1 heterocycles. The summed E-state index contributed by atoms with van der Waals surface area (Å²) in [7, 11) is 0. The van der Waals surface area contributed by atoms with Crippen molar-refractivity contribution in [3.63, 3.8) is 0 Å². The highest BCUT2D eigenvalue weighted by Gasteiger charge is 1.99. The SMILES string of the molecule is Cc1nc(C#N)cc(NCCCN)n1. The van der Waals surface area contributed by atoms with Crippen LogP contribution in [0.25, 0.3) is 0 Å². The summed E-state index contributed by atoms with van der Waals surface area (Å²) in [5, 5.41) is 11.7. The lowest BCUT2D eigenvalue weighted by atomic mass is 10.4. The average Bonchev–Trinajstić information content (AvgIpc) is 2.17. The van der Waals surface area contributed by atoms with Crippen molar-refractivity contribution in [3.05, 3.63) is 17.6 Å². The van der Waals surface area contributed by atoms with Crippen molar-refractivity contribution in [1.29, 1.82) is 5.26 Å². The van der Waals surface area contributed by atoms with E-state index in [4.69, 9.17) is 11.0 Å². The predicted molar refractivity (Wildman–Crippen MR) is 53.6 cm³/mol. The van der Waals surface area contributed by atoms with E-state index >= 15 is 0 Å². The number of anilines is 1. The summed E-state index contributed by atoms with van der Waals surface area (Å²) in [5.74, 6) is 1.28. The molecule has 0 saturated heterocycles. The molecule has 0 radical (unpaired) electrons. The van der Waals surface area contributed by atoms with Gasteiger partial charge in [-0.15, -0.1) is 0 Å². The third-order valence-electron chi connectivity index (χ3n) is 1.64. The Labute approximate surface area is 83.0 Å². The monoisotopic (exact) mass is 191 g/mol. The number of rotatable bonds is 4. The second-order valence-electron chi connectivity index (χ2n) is 2.87. The van der Waals surface area contributed by atoms with Crippen LogP contribution in [0.1, 0.15) is 17.9 Å². The number of nitrogens with two attached hydrogens (primary N) is 1. The van der Waals surface area contributed by atoms with Crippen molar-refractivity contribution in [2.75, 3.05) is 18.4 Å². The van der Waals surface area contributed by atoms with E-state index < -0.39 is 0 Å². The number of aryl methyl sites for hydroxylation is 1. The van der Waals surface area contributed by atoms with Crippen LogP contribution in [0.5, 0.6) is 0 Å². The van der Waals surface area contributed by atoms with Gasteiger partial charge in [0, 0.05) is 12.6 Å². The number of nitrogens with zero attached hydrogens (tertiary/aromatic N) is 3. The molecule has 74 valence electrons. The minimum atomic E-state index is 0.382. The van der Waals surface area contributed by atoms with Gasteiger partial charge in [0.05, 0.1) is 0 Å². The summed E-state index contributed by atoms with van der Waals surface area (Å²) >= 11 is 0. The molecule has 0 unspecified atom stereocenters. The van der Waals surface area contributed by atoms with Gasteiger partial charge >= 0.3 is 0 Å². The van der Waals surface area contributed by atoms with Gasteiger partial charge in [-0.2, -0.15) is 5.26 Å². The van der Waals surface area contributed by atoms with E-state index in [9.17, 15) is 0 Å². The Balaban J connectivity index is 2.68. The fourth-order valence-corrected chi connectivity index (χ4v) is 1.03. The van der Waals surface area contributed by atoms with E-state index in [2.05, 4.69) is 15.3 Å². The largest absolute Gasteiger partial charge is 0.370 e. The van der Waals surface area contributed by atoms with E-state index in [0.717, 1.165) is 13.0 Å². The van der Waals surface area contributed by atoms with Crippen molar-refractivity contribution >= 4 is 5.82 Å². The summed E-state index contributed by atoms with van der Waals surface area (Å²) in [4.78, 5) is 8.08. The Hall–Kier alpha value is -1.67. The molecule has 1 aromatic heterocycles. The Bertz CT molecular complexity index is 342. The minimum absolute atomic E-state index is 0.382. The Kier molecular flexibility index (Phi) is 3.83. The van der Waals surface area contributed by atoms with Crippen molar-refractivity contribution in [2.24, 2.45) is 5.73 Å². The van der Waals surface area contributed by atoms with Crippen LogP contribution in [0.3, 0.4) is 0 Å². The fraction of sp³-hybridized carbons (Fsp3) is 0.444. The highest BCUT2D eigenvalue weighted by molar-refractivity contribution is 5.39. The van der Waals surface area contributed by atoms with Gasteiger partial charge in [0.1, 0.15) is 23.4 Å². The minimum Gasteiger partial charge on any atom is -0.370 e. The lowest BCUT2D eigenvalue weighted by Crippen LogP contribution is -2.10. The zero-order valence-corrected chi connectivity index (χ0v) is 8.12. The number of aromatic nitrogens is 2. The van der Waals surface area contributed by atoms with E-state index in [0.29, 0.717) is 23.9 Å². The van der Waals surface area contributed by atoms with E-state index in [1.165, 1.54) is 0 Å². The van der Waals surface area contributed by atoms with E-state index in [-0.39, 0.29) is 0 Å². The lowest BCUT2D eigenvalue weighted by molar-refractivity contribution is 0.866. The van der Waals surface area contributed by atoms with E-state index in [1.54, 1.807) is 13.0 Å². The first kappa shape index (κ1) is 10.4. The molecule has 0 aliphatic carbocycles. The van der Waals surface area contributed by atoms with Crippen LogP contribution in [0.4, 0.5) is 5.82 Å². The molecule has 5 nitrogen and oxygen atoms in total. The van der Waals surface area contributed by atoms with Crippen molar-refractivity contribution in [2.45, 2.75) is 13.3 Å². The maximum Gasteiger partial charge on any atom is 0.146 e. The molecule has 5 heteroatoms. The smallest absolute Gasteiger partial charge is 0.146 e. The van der Waals surface area contributed by atoms with Crippen LogP contribution in [0.2, 0.25) is 0 Å². The maximum atomic E-state index is 8.67. The van der Waals surface area contributed by atoms with Gasteiger partial charge in [0.15, 0.2) is 0 Å². The molecule has 0 bridgehead atoms. The van der Waals surface area contributed by atoms with Crippen molar-refractivity contribution < 1.29 is 0 Å². The van der Waals surface area contributed by atoms with Crippen molar-refractivity contribution in [1.82, 2.24) is 9.97 Å². The first-order valence-electron chi connectivity index (χ1n) is 4.46. The van der Waals surface area contributed by atoms with Crippen LogP contribution < -0.4 is 11.1 Å². The van der Waals surface area contributed by atoms with Gasteiger partial charge in [-0.3, -0.25) is 0 Å². The Morgan fingerprint density at radius 1 is 1.57 bits per heavy atom. The predicted octanol–water partition coefficient (Wildman–Crippen LogP) is 0.417. The maximum absolute atomic E-state index is 8.67. The van der Waals surface area contributed by atoms with Crippen LogP contribution in [-0.2, 0) is 0 Å². The molecule has 0 atom stereocenters. The van der Waals surface area contributed by atoms with Gasteiger partial charge in [0.2, 0.25) is 0 Å². The number of hydrogen-bond acceptors (Lipinski definition) is 5. The molecule has 0 spiro atoms. The number of nitrogens with one attached hydrogen (secondary N) is 1. The average molecular weight is 191 g/mol. The van der Waals surface area contributed by atoms with Gasteiger partial charge < -0.3 is 11.1 Å². The Morgan fingerprint density at radius 2 is 2.36 bits per heavy atom. The van der Waals surface area contributed by atoms with Gasteiger partial charge in [-0.05, 0) is 19.9 Å². The van der Waals surface area contributed by atoms with Crippen LogP contribution >= 0.6 is 0 Å². The quantitative estimate of drug-likeness (QED) is 0.673. The summed E-state index contributed by atoms with van der Waals surface area (Å²) in [5.41, 5.74) is 5.74. The molecule has 1 aromatic rings. The second-order valence-corrected chi connectivity index (χ2v) is 2.87. The zero-order valence-electron chi connectivity index (χ0n) is 8.12. The lowest BCUT2D eigenvalue weighted by Gasteiger charge is -2.04. The third-order valence-corrected chi connectivity index (χ3v) is 1.64. The van der Waals surface area contributed by atoms with Crippen LogP contribution in [-0.4, -0.2) is 23.1 Å². The highest BCUT2D eigenvalue weighted by atomic mass is 15.0. The molecule has 1 rings (SSSR count). The molecule has 0 aromatic carbocycles.